The van der Waals surface area contributed by atoms with Gasteiger partial charge in [0.1, 0.15) is 5.82 Å². The summed E-state index contributed by atoms with van der Waals surface area (Å²) in [5, 5.41) is 16.7. The van der Waals surface area contributed by atoms with Crippen molar-refractivity contribution in [1.29, 1.82) is 0 Å². The Morgan fingerprint density at radius 1 is 1.00 bits per heavy atom. The van der Waals surface area contributed by atoms with E-state index in [1.165, 1.54) is 0 Å². The zero-order valence-corrected chi connectivity index (χ0v) is 16.1. The van der Waals surface area contributed by atoms with Gasteiger partial charge < -0.3 is 15.7 Å². The Kier molecular flexibility index (Phi) is 6.27. The molecule has 5 nitrogen and oxygen atoms in total. The minimum Gasteiger partial charge on any atom is -0.394 e. The Labute approximate surface area is 164 Å². The van der Waals surface area contributed by atoms with Crippen molar-refractivity contribution in [3.05, 3.63) is 65.7 Å². The monoisotopic (exact) mass is 382 g/mol. The molecule has 27 heavy (non-hydrogen) atoms. The van der Waals surface area contributed by atoms with E-state index >= 15 is 0 Å². The van der Waals surface area contributed by atoms with Gasteiger partial charge >= 0.3 is 0 Å². The molecule has 0 aliphatic heterocycles. The lowest BCUT2D eigenvalue weighted by atomic mass is 10.1. The van der Waals surface area contributed by atoms with Crippen molar-refractivity contribution in [2.75, 3.05) is 17.2 Å². The normalized spacial score (nSPS) is 12.0. The SMILES string of the molecule is CC(C)[C@H](CO)Nc1nc(Nc2ccccc2Cl)cc(-c2ccccc2)n1. The molecule has 2 aromatic carbocycles. The summed E-state index contributed by atoms with van der Waals surface area (Å²) in [4.78, 5) is 9.19. The van der Waals surface area contributed by atoms with Gasteiger partial charge in [0.15, 0.2) is 0 Å². The number of aliphatic hydroxyl groups is 1. The van der Waals surface area contributed by atoms with Gasteiger partial charge in [0.25, 0.3) is 0 Å². The molecule has 0 bridgehead atoms. The van der Waals surface area contributed by atoms with Crippen molar-refractivity contribution in [1.82, 2.24) is 9.97 Å². The topological polar surface area (TPSA) is 70.1 Å². The van der Waals surface area contributed by atoms with Gasteiger partial charge in [0.2, 0.25) is 5.95 Å². The highest BCUT2D eigenvalue weighted by atomic mass is 35.5. The van der Waals surface area contributed by atoms with Crippen molar-refractivity contribution in [3.8, 4) is 11.3 Å². The molecule has 0 spiro atoms. The van der Waals surface area contributed by atoms with E-state index < -0.39 is 0 Å². The maximum atomic E-state index is 9.63. The number of aliphatic hydroxyl groups excluding tert-OH is 1. The summed E-state index contributed by atoms with van der Waals surface area (Å²) in [5.74, 6) is 1.32. The van der Waals surface area contributed by atoms with Crippen LogP contribution in [0.25, 0.3) is 11.3 Å². The minimum atomic E-state index is -0.135. The Bertz CT molecular complexity index is 886. The van der Waals surface area contributed by atoms with Crippen molar-refractivity contribution in [2.45, 2.75) is 19.9 Å². The summed E-state index contributed by atoms with van der Waals surface area (Å²) in [5.41, 5.74) is 2.53. The van der Waals surface area contributed by atoms with Crippen LogP contribution in [-0.4, -0.2) is 27.7 Å². The van der Waals surface area contributed by atoms with Crippen LogP contribution in [0.4, 0.5) is 17.5 Å². The average Bonchev–Trinajstić information content (AvgIpc) is 2.68. The number of hydrogen-bond donors (Lipinski definition) is 3. The maximum absolute atomic E-state index is 9.63. The summed E-state index contributed by atoms with van der Waals surface area (Å²) in [6.07, 6.45) is 0. The van der Waals surface area contributed by atoms with Crippen LogP contribution in [0.1, 0.15) is 13.8 Å². The predicted octanol–water partition coefficient (Wildman–Crippen LogP) is 4.97. The Morgan fingerprint density at radius 2 is 1.70 bits per heavy atom. The third kappa shape index (κ3) is 4.96. The van der Waals surface area contributed by atoms with Crippen LogP contribution < -0.4 is 10.6 Å². The lowest BCUT2D eigenvalue weighted by molar-refractivity contribution is 0.248. The van der Waals surface area contributed by atoms with Crippen molar-refractivity contribution in [2.24, 2.45) is 5.92 Å². The minimum absolute atomic E-state index is 0.00384. The Morgan fingerprint density at radius 3 is 2.37 bits per heavy atom. The molecule has 0 radical (unpaired) electrons. The van der Waals surface area contributed by atoms with Crippen LogP contribution in [0, 0.1) is 5.92 Å². The molecule has 1 atom stereocenters. The third-order valence-electron chi connectivity index (χ3n) is 4.25. The van der Waals surface area contributed by atoms with Gasteiger partial charge in [-0.25, -0.2) is 4.98 Å². The first kappa shape index (κ1) is 19.1. The van der Waals surface area contributed by atoms with Gasteiger partial charge in [-0.3, -0.25) is 0 Å². The summed E-state index contributed by atoms with van der Waals surface area (Å²) in [6.45, 7) is 4.08. The summed E-state index contributed by atoms with van der Waals surface area (Å²) in [7, 11) is 0. The molecule has 0 amide bonds. The molecular formula is C21H23ClN4O. The number of hydrogen-bond acceptors (Lipinski definition) is 5. The molecular weight excluding hydrogens is 360 g/mol. The van der Waals surface area contributed by atoms with Crippen LogP contribution in [0.3, 0.4) is 0 Å². The first-order valence-corrected chi connectivity index (χ1v) is 9.28. The number of aromatic nitrogens is 2. The zero-order valence-electron chi connectivity index (χ0n) is 15.4. The van der Waals surface area contributed by atoms with E-state index in [0.717, 1.165) is 16.9 Å². The molecule has 1 aromatic heterocycles. The Hall–Kier alpha value is -2.63. The maximum Gasteiger partial charge on any atom is 0.225 e. The quantitative estimate of drug-likeness (QED) is 0.538. The number of nitrogens with one attached hydrogen (secondary N) is 2. The molecule has 0 saturated carbocycles. The first-order chi connectivity index (χ1) is 13.1. The van der Waals surface area contributed by atoms with Gasteiger partial charge in [0.05, 0.1) is 29.1 Å². The van der Waals surface area contributed by atoms with Crippen molar-refractivity contribution < 1.29 is 5.11 Å². The smallest absolute Gasteiger partial charge is 0.225 e. The second-order valence-electron chi connectivity index (χ2n) is 6.61. The van der Waals surface area contributed by atoms with E-state index in [4.69, 9.17) is 11.6 Å². The number of rotatable bonds is 7. The molecule has 0 unspecified atom stereocenters. The van der Waals surface area contributed by atoms with Crippen molar-refractivity contribution in [3.63, 3.8) is 0 Å². The van der Waals surface area contributed by atoms with E-state index in [0.29, 0.717) is 16.8 Å². The predicted molar refractivity (Wildman–Crippen MR) is 112 cm³/mol. The highest BCUT2D eigenvalue weighted by Gasteiger charge is 2.15. The third-order valence-corrected chi connectivity index (χ3v) is 4.58. The van der Waals surface area contributed by atoms with Crippen LogP contribution in [0.15, 0.2) is 60.7 Å². The molecule has 0 fully saturated rings. The lowest BCUT2D eigenvalue weighted by Gasteiger charge is -2.21. The molecule has 3 N–H and O–H groups in total. The van der Waals surface area contributed by atoms with Crippen molar-refractivity contribution >= 4 is 29.1 Å². The van der Waals surface area contributed by atoms with Gasteiger partial charge in [-0.05, 0) is 18.1 Å². The average molecular weight is 383 g/mol. The second-order valence-corrected chi connectivity index (χ2v) is 7.02. The number of benzene rings is 2. The van der Waals surface area contributed by atoms with Crippen LogP contribution in [0.5, 0.6) is 0 Å². The van der Waals surface area contributed by atoms with E-state index in [9.17, 15) is 5.11 Å². The number of anilines is 3. The molecule has 3 aromatic rings. The molecule has 6 heteroatoms. The van der Waals surface area contributed by atoms with Gasteiger partial charge in [-0.1, -0.05) is 67.9 Å². The van der Waals surface area contributed by atoms with Gasteiger partial charge in [-0.15, -0.1) is 0 Å². The zero-order chi connectivity index (χ0) is 19.2. The molecule has 1 heterocycles. The van der Waals surface area contributed by atoms with E-state index in [-0.39, 0.29) is 18.6 Å². The fourth-order valence-electron chi connectivity index (χ4n) is 2.62. The fourth-order valence-corrected chi connectivity index (χ4v) is 2.81. The van der Waals surface area contributed by atoms with Gasteiger partial charge in [-0.2, -0.15) is 4.98 Å². The van der Waals surface area contributed by atoms with Crippen LogP contribution in [0.2, 0.25) is 5.02 Å². The van der Waals surface area contributed by atoms with E-state index in [1.807, 2.05) is 74.5 Å². The summed E-state index contributed by atoms with van der Waals surface area (Å²) < 4.78 is 0. The fraction of sp³-hybridized carbons (Fsp3) is 0.238. The molecule has 3 rings (SSSR count). The lowest BCUT2D eigenvalue weighted by Crippen LogP contribution is -2.30. The highest BCUT2D eigenvalue weighted by Crippen LogP contribution is 2.27. The number of para-hydroxylation sites is 1. The summed E-state index contributed by atoms with van der Waals surface area (Å²) in [6, 6.07) is 19.1. The largest absolute Gasteiger partial charge is 0.394 e. The van der Waals surface area contributed by atoms with E-state index in [1.54, 1.807) is 0 Å². The molecule has 0 saturated heterocycles. The molecule has 0 aliphatic rings. The van der Waals surface area contributed by atoms with Crippen LogP contribution >= 0.6 is 11.6 Å². The number of halogens is 1. The highest BCUT2D eigenvalue weighted by molar-refractivity contribution is 6.33. The Balaban J connectivity index is 1.99. The van der Waals surface area contributed by atoms with Gasteiger partial charge in [0, 0.05) is 11.6 Å². The second kappa shape index (κ2) is 8.84. The molecule has 0 aliphatic carbocycles. The summed E-state index contributed by atoms with van der Waals surface area (Å²) >= 11 is 6.26. The standard InChI is InChI=1S/C21H23ClN4O/c1-14(2)19(13-27)25-21-24-18(15-8-4-3-5-9-15)12-20(26-21)23-17-11-7-6-10-16(17)22/h3-12,14,19,27H,13H2,1-2H3,(H2,23,24,25,26)/t19-/m0/s1. The first-order valence-electron chi connectivity index (χ1n) is 8.90. The van der Waals surface area contributed by atoms with E-state index in [2.05, 4.69) is 20.6 Å². The molecule has 140 valence electrons. The van der Waals surface area contributed by atoms with Crippen LogP contribution in [-0.2, 0) is 0 Å². The number of nitrogens with zero attached hydrogens (tertiary/aromatic N) is 2.